The Bertz CT molecular complexity index is 679. The van der Waals surface area contributed by atoms with Gasteiger partial charge < -0.3 is 13.9 Å². The number of benzene rings is 2. The summed E-state index contributed by atoms with van der Waals surface area (Å²) in [5.41, 5.74) is 3.26. The van der Waals surface area contributed by atoms with Crippen molar-refractivity contribution in [3.05, 3.63) is 77.9 Å². The second-order valence-corrected chi connectivity index (χ2v) is 7.59. The van der Waals surface area contributed by atoms with E-state index in [1.54, 1.807) is 30.0 Å². The summed E-state index contributed by atoms with van der Waals surface area (Å²) >= 11 is 11.2. The second kappa shape index (κ2) is 15.6. The van der Waals surface area contributed by atoms with Gasteiger partial charge in [-0.3, -0.25) is 6.58 Å². The summed E-state index contributed by atoms with van der Waals surface area (Å²) in [5, 5.41) is 4.07. The molecule has 0 aliphatic carbocycles. The Hall–Kier alpha value is -0.197. The van der Waals surface area contributed by atoms with E-state index in [0.29, 0.717) is 0 Å². The number of anilines is 1. The quantitative estimate of drug-likeness (QED) is 0.259. The van der Waals surface area contributed by atoms with Gasteiger partial charge in [0, 0.05) is 17.3 Å². The van der Waals surface area contributed by atoms with Crippen molar-refractivity contribution in [1.82, 2.24) is 8.61 Å². The molecule has 1 fully saturated rings. The van der Waals surface area contributed by atoms with Gasteiger partial charge >= 0.3 is 27.0 Å². The number of halogens is 2. The van der Waals surface area contributed by atoms with Gasteiger partial charge in [0.2, 0.25) is 0 Å². The third-order valence-corrected chi connectivity index (χ3v) is 5.57. The molecule has 28 heavy (non-hydrogen) atoms. The molecule has 1 aliphatic rings. The predicted octanol–water partition coefficient (Wildman–Crippen LogP) is 6.36. The van der Waals surface area contributed by atoms with Crippen molar-refractivity contribution >= 4 is 57.0 Å². The van der Waals surface area contributed by atoms with E-state index >= 15 is 0 Å². The monoisotopic (exact) mass is 542 g/mol. The molecule has 3 rings (SSSR count). The molecule has 1 saturated heterocycles. The van der Waals surface area contributed by atoms with Gasteiger partial charge in [-0.1, -0.05) is 29.8 Å². The molecule has 8 heteroatoms. The molecule has 1 heterocycles. The molecule has 0 amide bonds. The average Bonchev–Trinajstić information content (AvgIpc) is 3.24. The minimum absolute atomic E-state index is 0.742. The number of nitrogens with one attached hydrogen (secondary N) is 1. The molecule has 0 aromatic heterocycles. The Morgan fingerprint density at radius 3 is 2.14 bits per heavy atom. The molecular formula is C20H24Cl2N3RuS2. The molecule has 153 valence electrons. The Morgan fingerprint density at radius 2 is 1.64 bits per heavy atom. The van der Waals surface area contributed by atoms with Crippen LogP contribution >= 0.6 is 45.2 Å². The van der Waals surface area contributed by atoms with Crippen LogP contribution in [0.3, 0.4) is 0 Å². The van der Waals surface area contributed by atoms with Crippen LogP contribution in [0.5, 0.6) is 0 Å². The van der Waals surface area contributed by atoms with Gasteiger partial charge in [0.1, 0.15) is 0 Å². The summed E-state index contributed by atoms with van der Waals surface area (Å²) in [6, 6.07) is 15.7. The van der Waals surface area contributed by atoms with Crippen molar-refractivity contribution in [3.8, 4) is 0 Å². The molecule has 1 aliphatic heterocycles. The number of hydrogen-bond acceptors (Lipinski definition) is 5. The van der Waals surface area contributed by atoms with Gasteiger partial charge in [0.25, 0.3) is 0 Å². The van der Waals surface area contributed by atoms with Gasteiger partial charge in [0.05, 0.1) is 0 Å². The fourth-order valence-electron chi connectivity index (χ4n) is 2.36. The summed E-state index contributed by atoms with van der Waals surface area (Å²) in [6.07, 6.45) is 5.82. The molecule has 0 radical (unpaired) electrons. The third-order valence-electron chi connectivity index (χ3n) is 3.83. The summed E-state index contributed by atoms with van der Waals surface area (Å²) in [7, 11) is 4.57. The van der Waals surface area contributed by atoms with Gasteiger partial charge in [-0.05, 0) is 49.9 Å². The van der Waals surface area contributed by atoms with Gasteiger partial charge in [-0.2, -0.15) is 12.2 Å². The number of hydrogen-bond donors (Lipinski definition) is 1. The zero-order valence-corrected chi connectivity index (χ0v) is 20.7. The van der Waals surface area contributed by atoms with Crippen LogP contribution in [0, 0.1) is 13.2 Å². The molecule has 0 saturated carbocycles. The summed E-state index contributed by atoms with van der Waals surface area (Å²) in [6.45, 7) is 10.8. The normalized spacial score (nSPS) is 13.7. The average molecular weight is 543 g/mol. The molecule has 2 aromatic rings. The molecule has 0 atom stereocenters. The van der Waals surface area contributed by atoms with Crippen LogP contribution < -0.4 is 5.32 Å². The van der Waals surface area contributed by atoms with E-state index < -0.39 is 0 Å². The summed E-state index contributed by atoms with van der Waals surface area (Å²) in [5.74, 6) is 0. The van der Waals surface area contributed by atoms with Crippen LogP contribution in [0.1, 0.15) is 11.1 Å². The standard InChI is InChI=1S/C15H13ClN.C5H11N2S2.ClH.Ru/c1-2-12-5-3-4-6-13(12)11-17-15-9-7-14(16)8-10-15;1-8-6-3-4-7(5-6)9-2;;/h1-10,17H,11H2;5H,3-4H2,1-2H3;1H;/q2*-1;;+3/p-1. The third kappa shape index (κ3) is 9.53. The second-order valence-electron chi connectivity index (χ2n) is 5.49. The first kappa shape index (κ1) is 25.8. The van der Waals surface area contributed by atoms with Crippen molar-refractivity contribution in [3.63, 3.8) is 0 Å². The van der Waals surface area contributed by atoms with E-state index in [0.717, 1.165) is 35.9 Å². The maximum absolute atomic E-state index is 5.83. The van der Waals surface area contributed by atoms with Crippen LogP contribution in [0.15, 0.2) is 48.5 Å². The van der Waals surface area contributed by atoms with E-state index in [4.69, 9.17) is 18.2 Å². The SMILES string of the molecule is CSN1[CH-]N(SC)CC1.[CH-]=Cc1ccccc1CNc1ccc(Cl)cc1.[Cl][Ru+2]. The van der Waals surface area contributed by atoms with Crippen LogP contribution in [-0.2, 0) is 23.9 Å². The summed E-state index contributed by atoms with van der Waals surface area (Å²) < 4.78 is 4.47. The predicted molar refractivity (Wildman–Crippen MR) is 125 cm³/mol. The molecule has 0 bridgehead atoms. The molecule has 0 spiro atoms. The number of rotatable bonds is 6. The van der Waals surface area contributed by atoms with Crippen molar-refractivity contribution < 1.29 is 17.3 Å². The van der Waals surface area contributed by atoms with Crippen LogP contribution in [0.4, 0.5) is 5.69 Å². The number of nitrogens with zero attached hydrogens (tertiary/aromatic N) is 2. The minimum atomic E-state index is 0.742. The Kier molecular flexibility index (Phi) is 14.4. The van der Waals surface area contributed by atoms with Crippen molar-refractivity contribution in [2.24, 2.45) is 0 Å². The van der Waals surface area contributed by atoms with Crippen LogP contribution in [0.25, 0.3) is 6.08 Å². The first-order valence-corrected chi connectivity index (χ1v) is 13.4. The van der Waals surface area contributed by atoms with E-state index in [-0.39, 0.29) is 0 Å². The molecule has 0 unspecified atom stereocenters. The van der Waals surface area contributed by atoms with Crippen LogP contribution in [-0.4, -0.2) is 34.2 Å². The van der Waals surface area contributed by atoms with Crippen molar-refractivity contribution in [2.45, 2.75) is 6.54 Å². The molecule has 1 N–H and O–H groups in total. The first-order valence-electron chi connectivity index (χ1n) is 8.38. The fourth-order valence-corrected chi connectivity index (χ4v) is 3.49. The Balaban J connectivity index is 0.000000301. The Labute approximate surface area is 197 Å². The van der Waals surface area contributed by atoms with E-state index in [1.165, 1.54) is 5.56 Å². The summed E-state index contributed by atoms with van der Waals surface area (Å²) in [4.78, 5) is 0. The fraction of sp³-hybridized carbons (Fsp3) is 0.250. The van der Waals surface area contributed by atoms with E-state index in [1.807, 2.05) is 59.8 Å². The van der Waals surface area contributed by atoms with Gasteiger partial charge in [-0.25, -0.2) is 6.08 Å². The zero-order valence-electron chi connectivity index (χ0n) is 15.8. The van der Waals surface area contributed by atoms with Crippen molar-refractivity contribution in [1.29, 1.82) is 0 Å². The van der Waals surface area contributed by atoms with Crippen LogP contribution in [0.2, 0.25) is 5.02 Å². The van der Waals surface area contributed by atoms with Crippen molar-refractivity contribution in [2.75, 3.05) is 30.9 Å². The molecule has 2 aromatic carbocycles. The zero-order chi connectivity index (χ0) is 20.8. The van der Waals surface area contributed by atoms with Gasteiger partial charge in [0.15, 0.2) is 0 Å². The van der Waals surface area contributed by atoms with Gasteiger partial charge in [-0.15, -0.1) is 35.5 Å². The van der Waals surface area contributed by atoms with E-state index in [2.05, 4.69) is 48.9 Å². The Morgan fingerprint density at radius 1 is 1.07 bits per heavy atom. The van der Waals surface area contributed by atoms with E-state index in [9.17, 15) is 0 Å². The molecule has 3 nitrogen and oxygen atoms in total. The molecular weight excluding hydrogens is 518 g/mol. The topological polar surface area (TPSA) is 18.5 Å². The first-order chi connectivity index (χ1) is 13.7. The maximum atomic E-state index is 5.83.